The van der Waals surface area contributed by atoms with Crippen molar-refractivity contribution in [1.82, 2.24) is 5.32 Å². The van der Waals surface area contributed by atoms with Crippen LogP contribution in [0.3, 0.4) is 0 Å². The Morgan fingerprint density at radius 2 is 2.05 bits per heavy atom. The van der Waals surface area contributed by atoms with Crippen molar-refractivity contribution in [3.05, 3.63) is 30.3 Å². The van der Waals surface area contributed by atoms with E-state index in [9.17, 15) is 9.00 Å². The lowest BCUT2D eigenvalue weighted by molar-refractivity contribution is 0.244. The van der Waals surface area contributed by atoms with Gasteiger partial charge in [0.25, 0.3) is 0 Å². The van der Waals surface area contributed by atoms with Crippen LogP contribution in [0.15, 0.2) is 30.3 Å². The predicted molar refractivity (Wildman–Crippen MR) is 83.3 cm³/mol. The molecule has 0 aromatic heterocycles. The maximum absolute atomic E-state index is 11.9. The first kappa shape index (κ1) is 15.0. The Morgan fingerprint density at radius 1 is 1.30 bits per heavy atom. The fraction of sp³-hybridized carbons (Fsp3) is 0.533. The number of anilines is 1. The molecule has 1 aliphatic rings. The number of nitrogens with one attached hydrogen (secondary N) is 2. The van der Waals surface area contributed by atoms with Crippen LogP contribution in [0.5, 0.6) is 0 Å². The first-order chi connectivity index (χ1) is 9.69. The number of para-hydroxylation sites is 1. The Balaban J connectivity index is 1.83. The molecule has 2 N–H and O–H groups in total. The topological polar surface area (TPSA) is 58.2 Å². The van der Waals surface area contributed by atoms with E-state index in [1.807, 2.05) is 37.3 Å². The van der Waals surface area contributed by atoms with Crippen molar-refractivity contribution in [3.63, 3.8) is 0 Å². The van der Waals surface area contributed by atoms with Crippen LogP contribution in [0.4, 0.5) is 10.5 Å². The lowest BCUT2D eigenvalue weighted by Gasteiger charge is -2.29. The molecule has 0 saturated heterocycles. The SMILES string of the molecule is CC[S@](=O)[C@@H]1CCC[C@@H](NC(=O)Nc2ccccc2)C1. The van der Waals surface area contributed by atoms with Crippen LogP contribution < -0.4 is 10.6 Å². The van der Waals surface area contributed by atoms with E-state index in [2.05, 4.69) is 10.6 Å². The molecule has 1 saturated carbocycles. The molecule has 3 atom stereocenters. The zero-order valence-electron chi connectivity index (χ0n) is 11.8. The third kappa shape index (κ3) is 4.34. The Hall–Kier alpha value is -1.36. The van der Waals surface area contributed by atoms with Crippen LogP contribution in [-0.4, -0.2) is 27.3 Å². The summed E-state index contributed by atoms with van der Waals surface area (Å²) in [7, 11) is -0.759. The number of hydrogen-bond acceptors (Lipinski definition) is 2. The molecule has 1 aromatic rings. The van der Waals surface area contributed by atoms with Crippen molar-refractivity contribution in [3.8, 4) is 0 Å². The Kier molecular flexibility index (Phi) is 5.59. The van der Waals surface area contributed by atoms with Gasteiger partial charge in [-0.2, -0.15) is 0 Å². The van der Waals surface area contributed by atoms with Gasteiger partial charge in [-0.1, -0.05) is 31.5 Å². The molecule has 20 heavy (non-hydrogen) atoms. The summed E-state index contributed by atoms with van der Waals surface area (Å²) in [5.74, 6) is 0.702. The highest BCUT2D eigenvalue weighted by molar-refractivity contribution is 7.85. The summed E-state index contributed by atoms with van der Waals surface area (Å²) >= 11 is 0. The summed E-state index contributed by atoms with van der Waals surface area (Å²) in [5, 5.41) is 6.05. The standard InChI is InChI=1S/C15H22N2O2S/c1-2-20(19)14-10-6-9-13(11-14)17-15(18)16-12-7-4-3-5-8-12/h3-5,7-8,13-14H,2,6,9-11H2,1H3,(H2,16,17,18)/t13-,14-,20+/m1/s1. The van der Waals surface area contributed by atoms with Gasteiger partial charge in [-0.15, -0.1) is 0 Å². The molecule has 0 heterocycles. The molecule has 2 amide bonds. The van der Waals surface area contributed by atoms with E-state index in [0.717, 1.165) is 31.4 Å². The van der Waals surface area contributed by atoms with E-state index in [0.29, 0.717) is 5.75 Å². The van der Waals surface area contributed by atoms with Gasteiger partial charge >= 0.3 is 6.03 Å². The summed E-state index contributed by atoms with van der Waals surface area (Å²) in [6.45, 7) is 1.95. The minimum atomic E-state index is -0.759. The number of urea groups is 1. The van der Waals surface area contributed by atoms with Crippen LogP contribution in [0.1, 0.15) is 32.6 Å². The fourth-order valence-electron chi connectivity index (χ4n) is 2.62. The van der Waals surface area contributed by atoms with E-state index < -0.39 is 10.8 Å². The molecular formula is C15H22N2O2S. The number of benzene rings is 1. The zero-order chi connectivity index (χ0) is 14.4. The average molecular weight is 294 g/mol. The monoisotopic (exact) mass is 294 g/mol. The number of amides is 2. The summed E-state index contributed by atoms with van der Waals surface area (Å²) in [4.78, 5) is 11.9. The molecule has 0 radical (unpaired) electrons. The minimum Gasteiger partial charge on any atom is -0.335 e. The van der Waals surface area contributed by atoms with Crippen LogP contribution in [0, 0.1) is 0 Å². The molecule has 0 bridgehead atoms. The van der Waals surface area contributed by atoms with E-state index in [1.54, 1.807) is 0 Å². The number of carbonyl (C=O) groups is 1. The van der Waals surface area contributed by atoms with E-state index in [-0.39, 0.29) is 17.3 Å². The molecular weight excluding hydrogens is 272 g/mol. The molecule has 1 aliphatic carbocycles. The highest BCUT2D eigenvalue weighted by Crippen LogP contribution is 2.23. The van der Waals surface area contributed by atoms with Gasteiger partial charge in [0.05, 0.1) is 0 Å². The lowest BCUT2D eigenvalue weighted by atomic mass is 9.95. The summed E-state index contributed by atoms with van der Waals surface area (Å²) < 4.78 is 11.9. The molecule has 0 aliphatic heterocycles. The van der Waals surface area contributed by atoms with E-state index in [4.69, 9.17) is 0 Å². The van der Waals surface area contributed by atoms with Crippen molar-refractivity contribution in [2.75, 3.05) is 11.1 Å². The summed E-state index contributed by atoms with van der Waals surface area (Å²) in [5.41, 5.74) is 0.787. The molecule has 4 nitrogen and oxygen atoms in total. The number of hydrogen-bond donors (Lipinski definition) is 2. The fourth-order valence-corrected chi connectivity index (χ4v) is 3.97. The Bertz CT molecular complexity index is 464. The van der Waals surface area contributed by atoms with Crippen molar-refractivity contribution >= 4 is 22.5 Å². The van der Waals surface area contributed by atoms with Crippen molar-refractivity contribution in [2.24, 2.45) is 0 Å². The van der Waals surface area contributed by atoms with Gasteiger partial charge in [-0.05, 0) is 31.4 Å². The molecule has 1 aromatic carbocycles. The molecule has 5 heteroatoms. The molecule has 1 fully saturated rings. The van der Waals surface area contributed by atoms with Gasteiger partial charge in [0, 0.05) is 33.5 Å². The first-order valence-corrected chi connectivity index (χ1v) is 8.57. The maximum atomic E-state index is 11.9. The van der Waals surface area contributed by atoms with Crippen LogP contribution in [0.25, 0.3) is 0 Å². The van der Waals surface area contributed by atoms with Gasteiger partial charge in [-0.25, -0.2) is 4.79 Å². The third-order valence-corrected chi connectivity index (χ3v) is 5.39. The number of rotatable bonds is 4. The predicted octanol–water partition coefficient (Wildman–Crippen LogP) is 2.89. The second-order valence-corrected chi connectivity index (χ2v) is 7.12. The van der Waals surface area contributed by atoms with E-state index in [1.165, 1.54) is 0 Å². The van der Waals surface area contributed by atoms with Gasteiger partial charge in [0.2, 0.25) is 0 Å². The summed E-state index contributed by atoms with van der Waals surface area (Å²) in [6, 6.07) is 9.35. The van der Waals surface area contributed by atoms with Gasteiger partial charge in [0.15, 0.2) is 0 Å². The largest absolute Gasteiger partial charge is 0.335 e. The van der Waals surface area contributed by atoms with Crippen LogP contribution in [0.2, 0.25) is 0 Å². The highest BCUT2D eigenvalue weighted by atomic mass is 32.2. The van der Waals surface area contributed by atoms with Crippen LogP contribution >= 0.6 is 0 Å². The minimum absolute atomic E-state index is 0.132. The van der Waals surface area contributed by atoms with Gasteiger partial charge < -0.3 is 10.6 Å². The molecule has 2 rings (SSSR count). The Morgan fingerprint density at radius 3 is 2.75 bits per heavy atom. The Labute approximate surface area is 122 Å². The average Bonchev–Trinajstić information content (AvgIpc) is 2.47. The van der Waals surface area contributed by atoms with E-state index >= 15 is 0 Å². The second-order valence-electron chi connectivity index (χ2n) is 5.12. The third-order valence-electron chi connectivity index (χ3n) is 3.65. The van der Waals surface area contributed by atoms with Gasteiger partial charge in [-0.3, -0.25) is 4.21 Å². The maximum Gasteiger partial charge on any atom is 0.319 e. The van der Waals surface area contributed by atoms with Crippen LogP contribution in [-0.2, 0) is 10.8 Å². The lowest BCUT2D eigenvalue weighted by Crippen LogP contribution is -2.42. The van der Waals surface area contributed by atoms with Gasteiger partial charge in [0.1, 0.15) is 0 Å². The first-order valence-electron chi connectivity index (χ1n) is 7.18. The van der Waals surface area contributed by atoms with Crippen molar-refractivity contribution in [1.29, 1.82) is 0 Å². The van der Waals surface area contributed by atoms with Crippen molar-refractivity contribution in [2.45, 2.75) is 43.9 Å². The highest BCUT2D eigenvalue weighted by Gasteiger charge is 2.26. The smallest absolute Gasteiger partial charge is 0.319 e. The number of carbonyl (C=O) groups excluding carboxylic acids is 1. The zero-order valence-corrected chi connectivity index (χ0v) is 12.6. The molecule has 0 spiro atoms. The second kappa shape index (κ2) is 7.43. The molecule has 110 valence electrons. The normalized spacial score (nSPS) is 23.9. The quantitative estimate of drug-likeness (QED) is 0.897. The summed E-state index contributed by atoms with van der Waals surface area (Å²) in [6.07, 6.45) is 3.84. The molecule has 0 unspecified atom stereocenters. The van der Waals surface area contributed by atoms with Crippen molar-refractivity contribution < 1.29 is 9.00 Å².